The Balaban J connectivity index is 1.41. The molecule has 0 bridgehead atoms. The first-order chi connectivity index (χ1) is 15.0. The summed E-state index contributed by atoms with van der Waals surface area (Å²) in [4.78, 5) is 31.4. The first-order valence-electron chi connectivity index (χ1n) is 10.3. The van der Waals surface area contributed by atoms with Gasteiger partial charge in [-0.2, -0.15) is 0 Å². The molecule has 0 aromatic heterocycles. The Morgan fingerprint density at radius 1 is 1.00 bits per heavy atom. The first kappa shape index (κ1) is 21.0. The maximum atomic E-state index is 13.2. The fourth-order valence-corrected chi connectivity index (χ4v) is 4.21. The Morgan fingerprint density at radius 2 is 1.71 bits per heavy atom. The van der Waals surface area contributed by atoms with E-state index in [9.17, 15) is 14.0 Å². The van der Waals surface area contributed by atoms with Crippen molar-refractivity contribution in [3.05, 3.63) is 48.3 Å². The summed E-state index contributed by atoms with van der Waals surface area (Å²) in [7, 11) is 3.12. The molecule has 0 radical (unpaired) electrons. The number of carbonyl (C=O) groups is 2. The van der Waals surface area contributed by atoms with E-state index in [0.29, 0.717) is 49.9 Å². The molecule has 2 aromatic rings. The minimum atomic E-state index is -0.388. The van der Waals surface area contributed by atoms with Crippen LogP contribution in [0.25, 0.3) is 0 Å². The molecular weight excluding hydrogens is 401 g/mol. The highest BCUT2D eigenvalue weighted by Gasteiger charge is 2.39. The van der Waals surface area contributed by atoms with Crippen LogP contribution in [-0.2, 0) is 9.59 Å². The number of nitrogens with zero attached hydrogens (tertiary/aromatic N) is 3. The second kappa shape index (κ2) is 8.83. The number of ether oxygens (including phenoxy) is 2. The van der Waals surface area contributed by atoms with Crippen molar-refractivity contribution >= 4 is 23.2 Å². The van der Waals surface area contributed by atoms with Crippen LogP contribution in [0.15, 0.2) is 42.5 Å². The average Bonchev–Trinajstić information content (AvgIpc) is 3.20. The van der Waals surface area contributed by atoms with E-state index >= 15 is 0 Å². The molecule has 7 nitrogen and oxygen atoms in total. The molecular formula is C23H26FN3O4. The molecule has 164 valence electrons. The van der Waals surface area contributed by atoms with Gasteiger partial charge in [0.25, 0.3) is 0 Å². The normalized spacial score (nSPS) is 19.0. The minimum absolute atomic E-state index is 0.00327. The number of hydrogen-bond acceptors (Lipinski definition) is 5. The van der Waals surface area contributed by atoms with Gasteiger partial charge in [0.1, 0.15) is 17.3 Å². The van der Waals surface area contributed by atoms with Gasteiger partial charge in [-0.15, -0.1) is 0 Å². The number of piperazine rings is 1. The van der Waals surface area contributed by atoms with Gasteiger partial charge in [-0.25, -0.2) is 4.39 Å². The number of carbonyl (C=O) groups excluding carboxylic acids is 2. The van der Waals surface area contributed by atoms with Gasteiger partial charge in [-0.05, 0) is 36.4 Å². The van der Waals surface area contributed by atoms with Gasteiger partial charge in [0.05, 0.1) is 25.8 Å². The number of amides is 2. The smallest absolute Gasteiger partial charge is 0.228 e. The zero-order valence-corrected chi connectivity index (χ0v) is 17.7. The van der Waals surface area contributed by atoms with Crippen LogP contribution in [0.2, 0.25) is 0 Å². The van der Waals surface area contributed by atoms with E-state index in [1.165, 1.54) is 12.1 Å². The highest BCUT2D eigenvalue weighted by molar-refractivity contribution is 6.01. The van der Waals surface area contributed by atoms with Crippen LogP contribution in [0.4, 0.5) is 15.8 Å². The van der Waals surface area contributed by atoms with Crippen molar-refractivity contribution in [2.75, 3.05) is 56.7 Å². The summed E-state index contributed by atoms with van der Waals surface area (Å²) in [5.74, 6) is 0.429. The van der Waals surface area contributed by atoms with Gasteiger partial charge in [0.15, 0.2) is 0 Å². The van der Waals surface area contributed by atoms with E-state index in [1.807, 2.05) is 4.90 Å². The molecule has 2 aliphatic rings. The van der Waals surface area contributed by atoms with Gasteiger partial charge in [-0.3, -0.25) is 9.59 Å². The van der Waals surface area contributed by atoms with Crippen molar-refractivity contribution in [3.8, 4) is 11.5 Å². The fraction of sp³-hybridized carbons (Fsp3) is 0.391. The van der Waals surface area contributed by atoms with Crippen LogP contribution in [0, 0.1) is 11.7 Å². The van der Waals surface area contributed by atoms with Crippen LogP contribution in [0.5, 0.6) is 11.5 Å². The quantitative estimate of drug-likeness (QED) is 0.734. The molecule has 1 unspecified atom stereocenters. The lowest BCUT2D eigenvalue weighted by atomic mass is 10.1. The molecule has 0 saturated carbocycles. The molecule has 0 spiro atoms. The summed E-state index contributed by atoms with van der Waals surface area (Å²) in [6.45, 7) is 2.81. The maximum Gasteiger partial charge on any atom is 0.228 e. The van der Waals surface area contributed by atoms with Crippen molar-refractivity contribution in [2.45, 2.75) is 6.42 Å². The molecule has 31 heavy (non-hydrogen) atoms. The second-order valence-electron chi connectivity index (χ2n) is 7.73. The van der Waals surface area contributed by atoms with E-state index in [0.717, 1.165) is 5.69 Å². The third-order valence-electron chi connectivity index (χ3n) is 5.93. The van der Waals surface area contributed by atoms with Crippen LogP contribution >= 0.6 is 0 Å². The first-order valence-corrected chi connectivity index (χ1v) is 10.3. The van der Waals surface area contributed by atoms with Crippen LogP contribution in [0.3, 0.4) is 0 Å². The molecule has 2 saturated heterocycles. The fourth-order valence-electron chi connectivity index (χ4n) is 4.21. The Morgan fingerprint density at radius 3 is 2.35 bits per heavy atom. The molecule has 0 N–H and O–H groups in total. The Kier molecular flexibility index (Phi) is 5.97. The SMILES string of the molecule is COc1ccc(OC)c(N2CC(C(=O)N3CCN(c4ccc(F)cc4)CC3)CC2=O)c1. The van der Waals surface area contributed by atoms with Crippen LogP contribution < -0.4 is 19.3 Å². The van der Waals surface area contributed by atoms with Crippen molar-refractivity contribution < 1.29 is 23.5 Å². The molecule has 2 aliphatic heterocycles. The van der Waals surface area contributed by atoms with E-state index in [2.05, 4.69) is 4.90 Å². The lowest BCUT2D eigenvalue weighted by molar-refractivity contribution is -0.136. The summed E-state index contributed by atoms with van der Waals surface area (Å²) < 4.78 is 23.8. The van der Waals surface area contributed by atoms with Crippen molar-refractivity contribution in [3.63, 3.8) is 0 Å². The highest BCUT2D eigenvalue weighted by atomic mass is 19.1. The van der Waals surface area contributed by atoms with E-state index in [4.69, 9.17) is 9.47 Å². The maximum absolute atomic E-state index is 13.2. The minimum Gasteiger partial charge on any atom is -0.497 e. The topological polar surface area (TPSA) is 62.3 Å². The molecule has 2 heterocycles. The predicted octanol–water partition coefficient (Wildman–Crippen LogP) is 2.54. The molecule has 8 heteroatoms. The summed E-state index contributed by atoms with van der Waals surface area (Å²) in [6, 6.07) is 11.7. The monoisotopic (exact) mass is 427 g/mol. The number of hydrogen-bond donors (Lipinski definition) is 0. The number of methoxy groups -OCH3 is 2. The Labute approximate surface area is 180 Å². The van der Waals surface area contributed by atoms with Gasteiger partial charge >= 0.3 is 0 Å². The molecule has 2 amide bonds. The lowest BCUT2D eigenvalue weighted by Crippen LogP contribution is -2.50. The molecule has 4 rings (SSSR count). The van der Waals surface area contributed by atoms with E-state index in [-0.39, 0.29) is 30.0 Å². The average molecular weight is 427 g/mol. The highest BCUT2D eigenvalue weighted by Crippen LogP contribution is 2.36. The third kappa shape index (κ3) is 4.28. The van der Waals surface area contributed by atoms with E-state index < -0.39 is 0 Å². The number of benzene rings is 2. The van der Waals surface area contributed by atoms with Gasteiger partial charge < -0.3 is 24.2 Å². The Hall–Kier alpha value is -3.29. The van der Waals surface area contributed by atoms with Crippen molar-refractivity contribution in [2.24, 2.45) is 5.92 Å². The molecule has 2 aromatic carbocycles. The second-order valence-corrected chi connectivity index (χ2v) is 7.73. The Bertz CT molecular complexity index is 958. The summed E-state index contributed by atoms with van der Waals surface area (Å²) >= 11 is 0. The van der Waals surface area contributed by atoms with Crippen LogP contribution in [0.1, 0.15) is 6.42 Å². The molecule has 2 fully saturated rings. The summed E-state index contributed by atoms with van der Waals surface area (Å²) in [5, 5.41) is 0. The number of rotatable bonds is 5. The van der Waals surface area contributed by atoms with Gasteiger partial charge in [0, 0.05) is 50.9 Å². The standard InChI is InChI=1S/C23H26FN3O4/c1-30-19-7-8-21(31-2)20(14-19)27-15-16(13-22(27)28)23(29)26-11-9-25(10-12-26)18-5-3-17(24)4-6-18/h3-8,14,16H,9-13,15H2,1-2H3. The zero-order valence-electron chi connectivity index (χ0n) is 17.7. The molecule has 1 atom stereocenters. The number of anilines is 2. The number of halogens is 1. The van der Waals surface area contributed by atoms with Gasteiger partial charge in [-0.1, -0.05) is 0 Å². The van der Waals surface area contributed by atoms with Crippen molar-refractivity contribution in [1.82, 2.24) is 4.90 Å². The van der Waals surface area contributed by atoms with E-state index in [1.54, 1.807) is 49.5 Å². The van der Waals surface area contributed by atoms with Gasteiger partial charge in [0.2, 0.25) is 11.8 Å². The zero-order chi connectivity index (χ0) is 22.0. The summed E-state index contributed by atoms with van der Waals surface area (Å²) in [5.41, 5.74) is 1.56. The van der Waals surface area contributed by atoms with Crippen LogP contribution in [-0.4, -0.2) is 63.7 Å². The molecule has 0 aliphatic carbocycles. The largest absolute Gasteiger partial charge is 0.497 e. The van der Waals surface area contributed by atoms with Crippen molar-refractivity contribution in [1.29, 1.82) is 0 Å². The summed E-state index contributed by atoms with van der Waals surface area (Å²) in [6.07, 6.45) is 0.178. The third-order valence-corrected chi connectivity index (χ3v) is 5.93. The lowest BCUT2D eigenvalue weighted by Gasteiger charge is -2.37. The predicted molar refractivity (Wildman–Crippen MR) is 115 cm³/mol.